The van der Waals surface area contributed by atoms with Crippen molar-refractivity contribution in [1.29, 1.82) is 0 Å². The van der Waals surface area contributed by atoms with Gasteiger partial charge in [0.05, 0.1) is 13.2 Å². The molecule has 0 saturated carbocycles. The number of carbonyl (C=O) groups excluding carboxylic acids is 1. The standard InChI is InChI=1S/C21H22N2O3/c1-3-26-19-9-10-20-17(12-19)11-18(21(25)22-20)14-23(15(2)24)13-16-7-5-4-6-8-16/h4-12H,3,13-14H2,1-2H3,(H,22,25). The van der Waals surface area contributed by atoms with Gasteiger partial charge in [0.25, 0.3) is 5.56 Å². The van der Waals surface area contributed by atoms with Gasteiger partial charge >= 0.3 is 0 Å². The maximum absolute atomic E-state index is 12.4. The normalized spacial score (nSPS) is 10.7. The second-order valence-corrected chi connectivity index (χ2v) is 6.17. The van der Waals surface area contributed by atoms with Crippen LogP contribution in [0.15, 0.2) is 59.4 Å². The van der Waals surface area contributed by atoms with Gasteiger partial charge in [-0.15, -0.1) is 0 Å². The minimum Gasteiger partial charge on any atom is -0.494 e. The average molecular weight is 350 g/mol. The molecule has 0 saturated heterocycles. The molecule has 5 nitrogen and oxygen atoms in total. The van der Waals surface area contributed by atoms with Crippen LogP contribution in [-0.2, 0) is 17.9 Å². The number of rotatable bonds is 6. The predicted octanol–water partition coefficient (Wildman–Crippen LogP) is 3.48. The van der Waals surface area contributed by atoms with E-state index in [-0.39, 0.29) is 18.0 Å². The summed E-state index contributed by atoms with van der Waals surface area (Å²) in [4.78, 5) is 29.0. The number of benzene rings is 2. The molecule has 0 aliphatic carbocycles. The third-order valence-electron chi connectivity index (χ3n) is 4.23. The molecule has 134 valence electrons. The lowest BCUT2D eigenvalue weighted by atomic mass is 10.1. The highest BCUT2D eigenvalue weighted by Gasteiger charge is 2.13. The Morgan fingerprint density at radius 1 is 1.08 bits per heavy atom. The summed E-state index contributed by atoms with van der Waals surface area (Å²) in [5.74, 6) is 0.683. The van der Waals surface area contributed by atoms with E-state index in [1.54, 1.807) is 4.90 Å². The van der Waals surface area contributed by atoms with Gasteiger partial charge in [0, 0.05) is 29.9 Å². The Labute approximate surface area is 152 Å². The molecule has 0 radical (unpaired) electrons. The number of pyridine rings is 1. The van der Waals surface area contributed by atoms with E-state index in [2.05, 4.69) is 4.98 Å². The van der Waals surface area contributed by atoms with Gasteiger partial charge in [-0.05, 0) is 36.8 Å². The van der Waals surface area contributed by atoms with Gasteiger partial charge in [-0.1, -0.05) is 30.3 Å². The first kappa shape index (κ1) is 17.7. The predicted molar refractivity (Wildman–Crippen MR) is 102 cm³/mol. The van der Waals surface area contributed by atoms with Crippen LogP contribution in [-0.4, -0.2) is 22.4 Å². The molecule has 0 aliphatic rings. The molecular weight excluding hydrogens is 328 g/mol. The maximum atomic E-state index is 12.4. The largest absolute Gasteiger partial charge is 0.494 e. The number of H-pyrrole nitrogens is 1. The van der Waals surface area contributed by atoms with Gasteiger partial charge in [-0.25, -0.2) is 0 Å². The summed E-state index contributed by atoms with van der Waals surface area (Å²) >= 11 is 0. The number of hydrogen-bond donors (Lipinski definition) is 1. The summed E-state index contributed by atoms with van der Waals surface area (Å²) in [6, 6.07) is 17.1. The molecule has 1 N–H and O–H groups in total. The van der Waals surface area contributed by atoms with E-state index in [4.69, 9.17) is 4.74 Å². The molecule has 0 atom stereocenters. The van der Waals surface area contributed by atoms with Crippen molar-refractivity contribution in [3.05, 3.63) is 76.1 Å². The summed E-state index contributed by atoms with van der Waals surface area (Å²) in [5, 5.41) is 0.883. The van der Waals surface area contributed by atoms with Crippen LogP contribution in [0.5, 0.6) is 5.75 Å². The molecule has 0 spiro atoms. The van der Waals surface area contributed by atoms with Crippen LogP contribution >= 0.6 is 0 Å². The Morgan fingerprint density at radius 3 is 2.54 bits per heavy atom. The fraction of sp³-hybridized carbons (Fsp3) is 0.238. The van der Waals surface area contributed by atoms with E-state index in [9.17, 15) is 9.59 Å². The van der Waals surface area contributed by atoms with Crippen molar-refractivity contribution in [1.82, 2.24) is 9.88 Å². The van der Waals surface area contributed by atoms with E-state index >= 15 is 0 Å². The SMILES string of the molecule is CCOc1ccc2[nH]c(=O)c(CN(Cc3ccccc3)C(C)=O)cc2c1. The van der Waals surface area contributed by atoms with Gasteiger partial charge in [-0.3, -0.25) is 9.59 Å². The summed E-state index contributed by atoms with van der Waals surface area (Å²) in [7, 11) is 0. The molecule has 0 unspecified atom stereocenters. The van der Waals surface area contributed by atoms with E-state index in [0.717, 1.165) is 22.2 Å². The third-order valence-corrected chi connectivity index (χ3v) is 4.23. The Kier molecular flexibility index (Phi) is 5.37. The lowest BCUT2D eigenvalue weighted by molar-refractivity contribution is -0.130. The molecular formula is C21H22N2O3. The van der Waals surface area contributed by atoms with Crippen molar-refractivity contribution >= 4 is 16.8 Å². The number of fused-ring (bicyclic) bond motifs is 1. The summed E-state index contributed by atoms with van der Waals surface area (Å²) in [6.45, 7) is 4.75. The van der Waals surface area contributed by atoms with Crippen LogP contribution < -0.4 is 10.3 Å². The number of nitrogens with one attached hydrogen (secondary N) is 1. The van der Waals surface area contributed by atoms with Crippen LogP contribution in [0, 0.1) is 0 Å². The molecule has 0 bridgehead atoms. The number of nitrogens with zero attached hydrogens (tertiary/aromatic N) is 1. The van der Waals surface area contributed by atoms with Crippen LogP contribution in [0.25, 0.3) is 10.9 Å². The number of ether oxygens (including phenoxy) is 1. The summed E-state index contributed by atoms with van der Waals surface area (Å²) in [5.41, 5.74) is 2.15. The quantitative estimate of drug-likeness (QED) is 0.740. The first-order valence-corrected chi connectivity index (χ1v) is 8.65. The van der Waals surface area contributed by atoms with Gasteiger partial charge < -0.3 is 14.6 Å². The van der Waals surface area contributed by atoms with Crippen molar-refractivity contribution in [2.75, 3.05) is 6.61 Å². The first-order chi connectivity index (χ1) is 12.6. The van der Waals surface area contributed by atoms with E-state index in [0.29, 0.717) is 18.7 Å². The highest BCUT2D eigenvalue weighted by atomic mass is 16.5. The molecule has 5 heteroatoms. The van der Waals surface area contributed by atoms with Gasteiger partial charge in [0.2, 0.25) is 5.91 Å². The van der Waals surface area contributed by atoms with Gasteiger partial charge in [0.1, 0.15) is 5.75 Å². The molecule has 1 aromatic heterocycles. The lowest BCUT2D eigenvalue weighted by Gasteiger charge is -2.21. The topological polar surface area (TPSA) is 62.4 Å². The molecule has 3 aromatic rings. The Balaban J connectivity index is 1.90. The number of amides is 1. The maximum Gasteiger partial charge on any atom is 0.253 e. The van der Waals surface area contributed by atoms with Gasteiger partial charge in [0.15, 0.2) is 0 Å². The van der Waals surface area contributed by atoms with Crippen LogP contribution in [0.1, 0.15) is 25.0 Å². The highest BCUT2D eigenvalue weighted by molar-refractivity contribution is 5.80. The minimum atomic E-state index is -0.180. The molecule has 0 aliphatic heterocycles. The molecule has 3 rings (SSSR count). The second-order valence-electron chi connectivity index (χ2n) is 6.17. The van der Waals surface area contributed by atoms with Crippen molar-refractivity contribution in [3.8, 4) is 5.75 Å². The van der Waals surface area contributed by atoms with E-state index in [1.165, 1.54) is 6.92 Å². The molecule has 1 heterocycles. The number of hydrogen-bond acceptors (Lipinski definition) is 3. The van der Waals surface area contributed by atoms with E-state index in [1.807, 2.05) is 61.5 Å². The minimum absolute atomic E-state index is 0.0728. The monoisotopic (exact) mass is 350 g/mol. The van der Waals surface area contributed by atoms with Crippen molar-refractivity contribution in [2.45, 2.75) is 26.9 Å². The summed E-state index contributed by atoms with van der Waals surface area (Å²) in [6.07, 6.45) is 0. The van der Waals surface area contributed by atoms with Crippen molar-refractivity contribution < 1.29 is 9.53 Å². The number of carbonyl (C=O) groups is 1. The van der Waals surface area contributed by atoms with Gasteiger partial charge in [-0.2, -0.15) is 0 Å². The Morgan fingerprint density at radius 2 is 1.85 bits per heavy atom. The van der Waals surface area contributed by atoms with Crippen molar-refractivity contribution in [2.24, 2.45) is 0 Å². The molecule has 26 heavy (non-hydrogen) atoms. The fourth-order valence-corrected chi connectivity index (χ4v) is 2.89. The lowest BCUT2D eigenvalue weighted by Crippen LogP contribution is -2.30. The van der Waals surface area contributed by atoms with Crippen LogP contribution in [0.4, 0.5) is 0 Å². The zero-order valence-electron chi connectivity index (χ0n) is 15.0. The highest BCUT2D eigenvalue weighted by Crippen LogP contribution is 2.20. The average Bonchev–Trinajstić information content (AvgIpc) is 2.63. The second kappa shape index (κ2) is 7.87. The van der Waals surface area contributed by atoms with E-state index < -0.39 is 0 Å². The molecule has 0 fully saturated rings. The van der Waals surface area contributed by atoms with Crippen LogP contribution in [0.2, 0.25) is 0 Å². The zero-order valence-corrected chi connectivity index (χ0v) is 15.0. The zero-order chi connectivity index (χ0) is 18.5. The van der Waals surface area contributed by atoms with Crippen molar-refractivity contribution in [3.63, 3.8) is 0 Å². The smallest absolute Gasteiger partial charge is 0.253 e. The Hall–Kier alpha value is -3.08. The molecule has 1 amide bonds. The third kappa shape index (κ3) is 4.11. The Bertz CT molecular complexity index is 964. The summed E-state index contributed by atoms with van der Waals surface area (Å²) < 4.78 is 5.53. The fourth-order valence-electron chi connectivity index (χ4n) is 2.89. The number of aromatic nitrogens is 1. The first-order valence-electron chi connectivity index (χ1n) is 8.65. The van der Waals surface area contributed by atoms with Crippen LogP contribution in [0.3, 0.4) is 0 Å². The number of aromatic amines is 1. The molecule has 2 aromatic carbocycles.